The molecule has 0 radical (unpaired) electrons. The molecular weight excluding hydrogens is 217 g/mol. The van der Waals surface area contributed by atoms with Crippen LogP contribution in [0, 0.1) is 12.7 Å². The van der Waals surface area contributed by atoms with Crippen molar-refractivity contribution in [3.05, 3.63) is 35.1 Å². The van der Waals surface area contributed by atoms with Crippen molar-refractivity contribution in [3.63, 3.8) is 0 Å². The highest BCUT2D eigenvalue weighted by atomic mass is 19.1. The largest absolute Gasteiger partial charge is 0.393 e. The number of hydrogen-bond donors (Lipinski definition) is 2. The predicted octanol–water partition coefficient (Wildman–Crippen LogP) is 2.53. The van der Waals surface area contributed by atoms with Gasteiger partial charge in [-0.05, 0) is 38.7 Å². The SMILES string of the molecule is Cc1ccc(F)c(CNC2CCC(O)CC2)c1. The zero-order valence-corrected chi connectivity index (χ0v) is 10.2. The van der Waals surface area contributed by atoms with Crippen LogP contribution in [0.1, 0.15) is 36.8 Å². The van der Waals surface area contributed by atoms with E-state index in [4.69, 9.17) is 0 Å². The second-order valence-corrected chi connectivity index (χ2v) is 4.98. The standard InChI is InChI=1S/C14H20FNO/c1-10-2-7-14(15)11(8-10)9-16-12-3-5-13(17)6-4-12/h2,7-8,12-13,16-17H,3-6,9H2,1H3. The number of aliphatic hydroxyl groups excluding tert-OH is 1. The molecule has 2 rings (SSSR count). The molecule has 1 aromatic rings. The van der Waals surface area contributed by atoms with E-state index in [2.05, 4.69) is 5.32 Å². The summed E-state index contributed by atoms with van der Waals surface area (Å²) >= 11 is 0. The van der Waals surface area contributed by atoms with E-state index < -0.39 is 0 Å². The highest BCUT2D eigenvalue weighted by Crippen LogP contribution is 2.19. The van der Waals surface area contributed by atoms with Crippen LogP contribution in [0.4, 0.5) is 4.39 Å². The predicted molar refractivity (Wildman–Crippen MR) is 66.2 cm³/mol. The average Bonchev–Trinajstić information content (AvgIpc) is 2.32. The number of rotatable bonds is 3. The molecular formula is C14H20FNO. The van der Waals surface area contributed by atoms with Crippen LogP contribution in [0.5, 0.6) is 0 Å². The normalized spacial score (nSPS) is 24.9. The van der Waals surface area contributed by atoms with E-state index in [1.807, 2.05) is 13.0 Å². The van der Waals surface area contributed by atoms with Crippen molar-refractivity contribution in [2.75, 3.05) is 0 Å². The lowest BCUT2D eigenvalue weighted by Crippen LogP contribution is -2.34. The Hall–Kier alpha value is -0.930. The van der Waals surface area contributed by atoms with Gasteiger partial charge in [-0.2, -0.15) is 0 Å². The van der Waals surface area contributed by atoms with Gasteiger partial charge >= 0.3 is 0 Å². The van der Waals surface area contributed by atoms with Crippen LogP contribution in [-0.2, 0) is 6.54 Å². The van der Waals surface area contributed by atoms with Crippen LogP contribution < -0.4 is 5.32 Å². The molecule has 2 nitrogen and oxygen atoms in total. The van der Waals surface area contributed by atoms with Crippen LogP contribution in [0.15, 0.2) is 18.2 Å². The van der Waals surface area contributed by atoms with Gasteiger partial charge in [-0.1, -0.05) is 17.7 Å². The minimum Gasteiger partial charge on any atom is -0.393 e. The van der Waals surface area contributed by atoms with E-state index in [-0.39, 0.29) is 11.9 Å². The summed E-state index contributed by atoms with van der Waals surface area (Å²) in [6.07, 6.45) is 3.54. The summed E-state index contributed by atoms with van der Waals surface area (Å²) in [6.45, 7) is 2.55. The second kappa shape index (κ2) is 5.61. The van der Waals surface area contributed by atoms with Crippen molar-refractivity contribution in [1.82, 2.24) is 5.32 Å². The fraction of sp³-hybridized carbons (Fsp3) is 0.571. The molecule has 2 N–H and O–H groups in total. The smallest absolute Gasteiger partial charge is 0.127 e. The molecule has 0 heterocycles. The van der Waals surface area contributed by atoms with Gasteiger partial charge in [0.05, 0.1) is 6.10 Å². The minimum absolute atomic E-state index is 0.135. The lowest BCUT2D eigenvalue weighted by Gasteiger charge is -2.26. The van der Waals surface area contributed by atoms with E-state index in [1.165, 1.54) is 6.07 Å². The summed E-state index contributed by atoms with van der Waals surface area (Å²) in [4.78, 5) is 0. The molecule has 0 bridgehead atoms. The Balaban J connectivity index is 1.87. The first kappa shape index (κ1) is 12.5. The fourth-order valence-electron chi connectivity index (χ4n) is 2.37. The Bertz CT molecular complexity index is 372. The molecule has 0 unspecified atom stereocenters. The fourth-order valence-corrected chi connectivity index (χ4v) is 2.37. The lowest BCUT2D eigenvalue weighted by atomic mass is 9.93. The minimum atomic E-state index is -0.140. The van der Waals surface area contributed by atoms with E-state index >= 15 is 0 Å². The zero-order valence-electron chi connectivity index (χ0n) is 10.2. The first-order valence-electron chi connectivity index (χ1n) is 6.31. The number of hydrogen-bond acceptors (Lipinski definition) is 2. The van der Waals surface area contributed by atoms with Gasteiger partial charge in [0, 0.05) is 18.2 Å². The van der Waals surface area contributed by atoms with Crippen molar-refractivity contribution >= 4 is 0 Å². The molecule has 3 heteroatoms. The molecule has 17 heavy (non-hydrogen) atoms. The van der Waals surface area contributed by atoms with E-state index in [0.29, 0.717) is 12.6 Å². The van der Waals surface area contributed by atoms with E-state index in [9.17, 15) is 9.50 Å². The maximum absolute atomic E-state index is 13.5. The summed E-state index contributed by atoms with van der Waals surface area (Å²) < 4.78 is 13.5. The third kappa shape index (κ3) is 3.51. The second-order valence-electron chi connectivity index (χ2n) is 4.98. The molecule has 0 atom stereocenters. The topological polar surface area (TPSA) is 32.3 Å². The number of aryl methyl sites for hydroxylation is 1. The number of benzene rings is 1. The molecule has 1 aliphatic carbocycles. The Morgan fingerprint density at radius 3 is 2.71 bits per heavy atom. The van der Waals surface area contributed by atoms with Crippen LogP contribution in [0.2, 0.25) is 0 Å². The Kier molecular flexibility index (Phi) is 4.13. The maximum atomic E-state index is 13.5. The summed E-state index contributed by atoms with van der Waals surface area (Å²) in [6, 6.07) is 5.62. The Labute approximate surface area is 102 Å². The lowest BCUT2D eigenvalue weighted by molar-refractivity contribution is 0.116. The van der Waals surface area contributed by atoms with Gasteiger partial charge in [-0.15, -0.1) is 0 Å². The van der Waals surface area contributed by atoms with E-state index in [0.717, 1.165) is 36.8 Å². The number of nitrogens with one attached hydrogen (secondary N) is 1. The molecule has 1 aliphatic rings. The molecule has 0 spiro atoms. The average molecular weight is 237 g/mol. The van der Waals surface area contributed by atoms with Crippen LogP contribution in [-0.4, -0.2) is 17.3 Å². The summed E-state index contributed by atoms with van der Waals surface area (Å²) in [5, 5.41) is 12.8. The highest BCUT2D eigenvalue weighted by Gasteiger charge is 2.18. The van der Waals surface area contributed by atoms with Gasteiger partial charge in [-0.3, -0.25) is 0 Å². The third-order valence-electron chi connectivity index (χ3n) is 3.48. The maximum Gasteiger partial charge on any atom is 0.127 e. The van der Waals surface area contributed by atoms with Crippen molar-refractivity contribution < 1.29 is 9.50 Å². The van der Waals surface area contributed by atoms with Crippen LogP contribution in [0.3, 0.4) is 0 Å². The molecule has 1 aromatic carbocycles. The zero-order chi connectivity index (χ0) is 12.3. The van der Waals surface area contributed by atoms with E-state index in [1.54, 1.807) is 6.07 Å². The molecule has 1 fully saturated rings. The van der Waals surface area contributed by atoms with Gasteiger partial charge in [0.25, 0.3) is 0 Å². The molecule has 0 saturated heterocycles. The summed E-state index contributed by atoms with van der Waals surface area (Å²) in [7, 11) is 0. The van der Waals surface area contributed by atoms with Crippen molar-refractivity contribution in [2.45, 2.75) is 51.3 Å². The third-order valence-corrected chi connectivity index (χ3v) is 3.48. The molecule has 1 saturated carbocycles. The van der Waals surface area contributed by atoms with Gasteiger partial charge in [0.2, 0.25) is 0 Å². The van der Waals surface area contributed by atoms with Crippen LogP contribution in [0.25, 0.3) is 0 Å². The molecule has 94 valence electrons. The molecule has 0 amide bonds. The molecule has 0 aliphatic heterocycles. The van der Waals surface area contributed by atoms with Gasteiger partial charge in [0.15, 0.2) is 0 Å². The van der Waals surface area contributed by atoms with Gasteiger partial charge in [-0.25, -0.2) is 4.39 Å². The number of halogens is 1. The van der Waals surface area contributed by atoms with Gasteiger partial charge in [0.1, 0.15) is 5.82 Å². The van der Waals surface area contributed by atoms with Crippen LogP contribution >= 0.6 is 0 Å². The monoisotopic (exact) mass is 237 g/mol. The number of aliphatic hydroxyl groups is 1. The summed E-state index contributed by atoms with van der Waals surface area (Å²) in [5.41, 5.74) is 1.82. The van der Waals surface area contributed by atoms with Crippen molar-refractivity contribution in [1.29, 1.82) is 0 Å². The first-order valence-corrected chi connectivity index (χ1v) is 6.31. The highest BCUT2D eigenvalue weighted by molar-refractivity contribution is 5.23. The Morgan fingerprint density at radius 1 is 1.29 bits per heavy atom. The van der Waals surface area contributed by atoms with Crippen molar-refractivity contribution in [2.24, 2.45) is 0 Å². The summed E-state index contributed by atoms with van der Waals surface area (Å²) in [5.74, 6) is -0.140. The van der Waals surface area contributed by atoms with Crippen molar-refractivity contribution in [3.8, 4) is 0 Å². The first-order chi connectivity index (χ1) is 8.15. The molecule has 0 aromatic heterocycles. The quantitative estimate of drug-likeness (QED) is 0.846. The Morgan fingerprint density at radius 2 is 2.00 bits per heavy atom. The van der Waals surface area contributed by atoms with Gasteiger partial charge < -0.3 is 10.4 Å².